The third-order valence-corrected chi connectivity index (χ3v) is 1.85. The Morgan fingerprint density at radius 3 is 3.44 bits per heavy atom. The monoisotopic (exact) mass is 122 g/mol. The van der Waals surface area contributed by atoms with Gasteiger partial charge in [-0.1, -0.05) is 0 Å². The Hall–Kier alpha value is -0.790. The Labute approximate surface area is 54.9 Å². The lowest BCUT2D eigenvalue weighted by Gasteiger charge is -2.15. The minimum absolute atomic E-state index is 0.895. The number of hydrogen-bond donors (Lipinski definition) is 0. The average Bonchev–Trinajstić information content (AvgIpc) is 2.33. The molecule has 0 aromatic heterocycles. The molecule has 2 nitrogen and oxygen atoms in total. The summed E-state index contributed by atoms with van der Waals surface area (Å²) < 4.78 is 0. The minimum Gasteiger partial charge on any atom is -0.337 e. The van der Waals surface area contributed by atoms with Crippen LogP contribution in [0, 0.1) is 0 Å². The van der Waals surface area contributed by atoms with Gasteiger partial charge in [0.15, 0.2) is 0 Å². The molecule has 2 aliphatic heterocycles. The summed E-state index contributed by atoms with van der Waals surface area (Å²) in [6, 6.07) is 0. The van der Waals surface area contributed by atoms with Gasteiger partial charge < -0.3 is 4.90 Å². The fraction of sp³-hybridized carbons (Fsp3) is 0.571. The summed E-state index contributed by atoms with van der Waals surface area (Å²) >= 11 is 0. The molecule has 1 fully saturated rings. The van der Waals surface area contributed by atoms with Crippen LogP contribution in [-0.4, -0.2) is 24.3 Å². The second-order valence-electron chi connectivity index (χ2n) is 2.47. The normalized spacial score (nSPS) is 24.0. The van der Waals surface area contributed by atoms with E-state index in [9.17, 15) is 0 Å². The smallest absolute Gasteiger partial charge is 0.0895 e. The van der Waals surface area contributed by atoms with E-state index in [0.717, 1.165) is 6.54 Å². The molecule has 0 aliphatic carbocycles. The van der Waals surface area contributed by atoms with Crippen molar-refractivity contribution in [1.29, 1.82) is 0 Å². The van der Waals surface area contributed by atoms with Crippen molar-refractivity contribution < 1.29 is 0 Å². The second-order valence-corrected chi connectivity index (χ2v) is 2.47. The van der Waals surface area contributed by atoms with Gasteiger partial charge in [0.1, 0.15) is 0 Å². The van der Waals surface area contributed by atoms with E-state index in [1.165, 1.54) is 25.1 Å². The minimum atomic E-state index is 0.895. The van der Waals surface area contributed by atoms with Crippen molar-refractivity contribution in [2.24, 2.45) is 4.99 Å². The van der Waals surface area contributed by atoms with E-state index < -0.39 is 0 Å². The van der Waals surface area contributed by atoms with Gasteiger partial charge in [0.05, 0.1) is 12.9 Å². The van der Waals surface area contributed by atoms with Gasteiger partial charge in [0.2, 0.25) is 0 Å². The van der Waals surface area contributed by atoms with Crippen molar-refractivity contribution >= 4 is 6.34 Å². The van der Waals surface area contributed by atoms with E-state index in [4.69, 9.17) is 0 Å². The molecule has 0 atom stereocenters. The lowest BCUT2D eigenvalue weighted by atomic mass is 10.3. The SMILES string of the molecule is C1=NCC=C2CCCN12. The predicted molar refractivity (Wildman–Crippen MR) is 37.4 cm³/mol. The predicted octanol–water partition coefficient (Wildman–Crippen LogP) is 1.01. The van der Waals surface area contributed by atoms with Crippen molar-refractivity contribution in [2.75, 3.05) is 13.1 Å². The second kappa shape index (κ2) is 1.87. The van der Waals surface area contributed by atoms with Gasteiger partial charge in [-0.2, -0.15) is 0 Å². The van der Waals surface area contributed by atoms with Crippen LogP contribution in [0.15, 0.2) is 16.8 Å². The maximum atomic E-state index is 4.14. The first-order chi connectivity index (χ1) is 4.47. The summed E-state index contributed by atoms with van der Waals surface area (Å²) in [5, 5.41) is 0. The number of hydrogen-bond acceptors (Lipinski definition) is 2. The molecule has 2 heterocycles. The van der Waals surface area contributed by atoms with Gasteiger partial charge >= 0.3 is 0 Å². The van der Waals surface area contributed by atoms with Crippen molar-refractivity contribution in [1.82, 2.24) is 4.90 Å². The van der Waals surface area contributed by atoms with Gasteiger partial charge in [-0.3, -0.25) is 4.99 Å². The zero-order valence-electron chi connectivity index (χ0n) is 5.38. The van der Waals surface area contributed by atoms with Crippen molar-refractivity contribution in [3.63, 3.8) is 0 Å². The largest absolute Gasteiger partial charge is 0.337 e. The van der Waals surface area contributed by atoms with E-state index in [2.05, 4.69) is 16.0 Å². The molecule has 0 aromatic carbocycles. The molecular formula is C7H10N2. The van der Waals surface area contributed by atoms with Gasteiger partial charge in [-0.05, 0) is 18.9 Å². The summed E-state index contributed by atoms with van der Waals surface area (Å²) in [5.41, 5.74) is 1.48. The summed E-state index contributed by atoms with van der Waals surface area (Å²) in [7, 11) is 0. The number of rotatable bonds is 0. The van der Waals surface area contributed by atoms with Crippen LogP contribution >= 0.6 is 0 Å². The third kappa shape index (κ3) is 0.745. The first-order valence-electron chi connectivity index (χ1n) is 3.42. The summed E-state index contributed by atoms with van der Waals surface area (Å²) in [6.45, 7) is 2.07. The van der Waals surface area contributed by atoms with E-state index in [1.807, 2.05) is 6.34 Å². The van der Waals surface area contributed by atoms with Crippen molar-refractivity contribution in [2.45, 2.75) is 12.8 Å². The summed E-state index contributed by atoms with van der Waals surface area (Å²) in [4.78, 5) is 6.38. The fourth-order valence-electron chi connectivity index (χ4n) is 1.37. The van der Waals surface area contributed by atoms with Gasteiger partial charge in [0, 0.05) is 12.2 Å². The molecule has 0 amide bonds. The standard InChI is InChI=1S/C7H10N2/c1-2-7-3-4-8-6-9(7)5-1/h3,6H,1-2,4-5H2. The van der Waals surface area contributed by atoms with Crippen molar-refractivity contribution in [3.8, 4) is 0 Å². The van der Waals surface area contributed by atoms with Crippen LogP contribution in [0.4, 0.5) is 0 Å². The van der Waals surface area contributed by atoms with E-state index in [0.29, 0.717) is 0 Å². The molecule has 2 rings (SSSR count). The Kier molecular flexibility index (Phi) is 1.04. The van der Waals surface area contributed by atoms with Crippen LogP contribution in [0.5, 0.6) is 0 Å². The van der Waals surface area contributed by atoms with Crippen LogP contribution < -0.4 is 0 Å². The maximum absolute atomic E-state index is 4.14. The highest BCUT2D eigenvalue weighted by molar-refractivity contribution is 5.60. The fourth-order valence-corrected chi connectivity index (χ4v) is 1.37. The van der Waals surface area contributed by atoms with Gasteiger partial charge in [-0.25, -0.2) is 0 Å². The molecule has 2 heteroatoms. The molecular weight excluding hydrogens is 112 g/mol. The zero-order chi connectivity index (χ0) is 6.10. The Bertz CT molecular complexity index is 170. The number of aliphatic imine (C=N–C) groups is 1. The number of fused-ring (bicyclic) bond motifs is 1. The maximum Gasteiger partial charge on any atom is 0.0895 e. The Morgan fingerprint density at radius 1 is 1.56 bits per heavy atom. The lowest BCUT2D eigenvalue weighted by Crippen LogP contribution is -2.18. The Morgan fingerprint density at radius 2 is 2.56 bits per heavy atom. The van der Waals surface area contributed by atoms with Gasteiger partial charge in [0.25, 0.3) is 0 Å². The van der Waals surface area contributed by atoms with Crippen LogP contribution in [0.2, 0.25) is 0 Å². The highest BCUT2D eigenvalue weighted by Crippen LogP contribution is 2.20. The highest BCUT2D eigenvalue weighted by Gasteiger charge is 2.15. The van der Waals surface area contributed by atoms with Crippen molar-refractivity contribution in [3.05, 3.63) is 11.8 Å². The van der Waals surface area contributed by atoms with E-state index in [1.54, 1.807) is 0 Å². The molecule has 0 unspecified atom stereocenters. The quantitative estimate of drug-likeness (QED) is 0.468. The summed E-state index contributed by atoms with van der Waals surface area (Å²) in [6.07, 6.45) is 6.74. The van der Waals surface area contributed by atoms with E-state index in [-0.39, 0.29) is 0 Å². The zero-order valence-corrected chi connectivity index (χ0v) is 5.38. The molecule has 0 bridgehead atoms. The first-order valence-corrected chi connectivity index (χ1v) is 3.42. The summed E-state index contributed by atoms with van der Waals surface area (Å²) in [5.74, 6) is 0. The van der Waals surface area contributed by atoms with Crippen LogP contribution in [-0.2, 0) is 0 Å². The molecule has 0 aromatic rings. The number of nitrogens with zero attached hydrogens (tertiary/aromatic N) is 2. The van der Waals surface area contributed by atoms with E-state index >= 15 is 0 Å². The number of allylic oxidation sites excluding steroid dienone is 1. The van der Waals surface area contributed by atoms with Crippen LogP contribution in [0.3, 0.4) is 0 Å². The van der Waals surface area contributed by atoms with Gasteiger partial charge in [-0.15, -0.1) is 0 Å². The highest BCUT2D eigenvalue weighted by atomic mass is 15.2. The molecule has 48 valence electrons. The van der Waals surface area contributed by atoms with Crippen LogP contribution in [0.25, 0.3) is 0 Å². The topological polar surface area (TPSA) is 15.6 Å². The molecule has 9 heavy (non-hydrogen) atoms. The third-order valence-electron chi connectivity index (χ3n) is 1.85. The molecule has 0 spiro atoms. The lowest BCUT2D eigenvalue weighted by molar-refractivity contribution is 0.593. The first kappa shape index (κ1) is 5.03. The Balaban J connectivity index is 2.22. The molecule has 2 aliphatic rings. The molecule has 0 N–H and O–H groups in total. The average molecular weight is 122 g/mol. The molecule has 0 radical (unpaired) electrons. The van der Waals surface area contributed by atoms with Crippen LogP contribution in [0.1, 0.15) is 12.8 Å². The molecule has 1 saturated heterocycles. The molecule has 0 saturated carbocycles.